The molecule has 0 aliphatic rings. The zero-order valence-corrected chi connectivity index (χ0v) is 12.8. The monoisotopic (exact) mass is 500 g/mol. The first kappa shape index (κ1) is 28.6. The third-order valence-electron chi connectivity index (χ3n) is 3.53. The number of alkyl halides is 19. The molecule has 0 aliphatic carbocycles. The van der Waals surface area contributed by atoms with Crippen molar-refractivity contribution >= 4 is 0 Å². The molecule has 0 spiro atoms. The van der Waals surface area contributed by atoms with Gasteiger partial charge in [-0.05, 0) is 0 Å². The van der Waals surface area contributed by atoms with E-state index in [0.29, 0.717) is 0 Å². The zero-order valence-electron chi connectivity index (χ0n) is 12.8. The van der Waals surface area contributed by atoms with E-state index in [0.717, 1.165) is 0 Å². The molecule has 182 valence electrons. The van der Waals surface area contributed by atoms with Gasteiger partial charge >= 0.3 is 53.6 Å². The van der Waals surface area contributed by atoms with E-state index in [2.05, 4.69) is 0 Å². The van der Waals surface area contributed by atoms with Crippen LogP contribution in [0.4, 0.5) is 83.4 Å². The van der Waals surface area contributed by atoms with Crippen LogP contribution in [0.3, 0.4) is 0 Å². The van der Waals surface area contributed by atoms with Crippen LogP contribution in [-0.2, 0) is 0 Å². The Hall–Kier alpha value is -1.37. The number of hydrogen-bond acceptors (Lipinski definition) is 1. The Morgan fingerprint density at radius 2 is 0.600 bits per heavy atom. The largest absolute Gasteiger partial charge is 0.438 e. The molecular weight excluding hydrogens is 497 g/mol. The average Bonchev–Trinajstić information content (AvgIpc) is 2.48. The second-order valence-electron chi connectivity index (χ2n) is 5.40. The lowest BCUT2D eigenvalue weighted by atomic mass is 9.79. The Labute approximate surface area is 150 Å². The van der Waals surface area contributed by atoms with Crippen molar-refractivity contribution in [3.63, 3.8) is 0 Å². The molecule has 0 aromatic carbocycles. The fourth-order valence-electron chi connectivity index (χ4n) is 1.87. The normalized spacial score (nSPS) is 18.4. The summed E-state index contributed by atoms with van der Waals surface area (Å²) in [5.74, 6) is -34.3. The van der Waals surface area contributed by atoms with E-state index >= 15 is 0 Å². The van der Waals surface area contributed by atoms with Crippen LogP contribution in [0.15, 0.2) is 0 Å². The highest BCUT2D eigenvalue weighted by Gasteiger charge is 2.99. The summed E-state index contributed by atoms with van der Waals surface area (Å²) in [5, 5.41) is 7.85. The van der Waals surface area contributed by atoms with Gasteiger partial charge in [-0.1, -0.05) is 0 Å². The first-order chi connectivity index (χ1) is 12.6. The molecule has 0 saturated carbocycles. The maximum absolute atomic E-state index is 13.6. The molecule has 1 nitrogen and oxygen atoms in total. The fraction of sp³-hybridized carbons (Fsp3) is 1.00. The average molecular weight is 500 g/mol. The van der Waals surface area contributed by atoms with E-state index in [4.69, 9.17) is 5.11 Å². The highest BCUT2D eigenvalue weighted by molar-refractivity contribution is 5.21. The summed E-state index contributed by atoms with van der Waals surface area (Å²) in [7, 11) is 0. The van der Waals surface area contributed by atoms with Gasteiger partial charge in [0.15, 0.2) is 0 Å². The second-order valence-corrected chi connectivity index (χ2v) is 5.40. The van der Waals surface area contributed by atoms with Crippen LogP contribution in [0.25, 0.3) is 0 Å². The smallest absolute Gasteiger partial charge is 0.390 e. The SMILES string of the molecule is OCC(F)(F)C(F)(C(F)(F)F)C(F)(F)C(F)(F)C(F)(F)C(F)(C(F)(F)F)C(F)(F)F. The van der Waals surface area contributed by atoms with E-state index in [1.165, 1.54) is 0 Å². The van der Waals surface area contributed by atoms with Gasteiger partial charge in [-0.3, -0.25) is 0 Å². The zero-order chi connectivity index (χ0) is 25.2. The van der Waals surface area contributed by atoms with Crippen molar-refractivity contribution in [1.29, 1.82) is 0 Å². The van der Waals surface area contributed by atoms with E-state index in [1.807, 2.05) is 0 Å². The molecule has 0 heterocycles. The van der Waals surface area contributed by atoms with Gasteiger partial charge in [0.05, 0.1) is 0 Å². The van der Waals surface area contributed by atoms with Crippen LogP contribution in [0.5, 0.6) is 0 Å². The highest BCUT2D eigenvalue weighted by Crippen LogP contribution is 2.66. The van der Waals surface area contributed by atoms with Crippen LogP contribution in [-0.4, -0.2) is 65.3 Å². The molecule has 0 fully saturated rings. The van der Waals surface area contributed by atoms with Gasteiger partial charge in [0, 0.05) is 0 Å². The number of halogens is 19. The number of aliphatic hydroxyl groups is 1. The minimum atomic E-state index is -9.08. The molecule has 0 rings (SSSR count). The van der Waals surface area contributed by atoms with Crippen molar-refractivity contribution in [3.05, 3.63) is 0 Å². The number of rotatable bonds is 6. The maximum atomic E-state index is 13.6. The van der Waals surface area contributed by atoms with Crippen LogP contribution in [0.2, 0.25) is 0 Å². The molecule has 0 bridgehead atoms. The van der Waals surface area contributed by atoms with Crippen LogP contribution in [0.1, 0.15) is 0 Å². The minimum absolute atomic E-state index is 3.83. The van der Waals surface area contributed by atoms with Crippen molar-refractivity contribution in [2.45, 2.75) is 53.6 Å². The minimum Gasteiger partial charge on any atom is -0.390 e. The van der Waals surface area contributed by atoms with Gasteiger partial charge in [0.2, 0.25) is 0 Å². The lowest BCUT2D eigenvalue weighted by Crippen LogP contribution is -2.80. The molecule has 1 unspecified atom stereocenters. The lowest BCUT2D eigenvalue weighted by molar-refractivity contribution is -0.472. The van der Waals surface area contributed by atoms with Crippen molar-refractivity contribution in [3.8, 4) is 0 Å². The number of hydrogen-bond donors (Lipinski definition) is 1. The third kappa shape index (κ3) is 3.23. The van der Waals surface area contributed by atoms with E-state index in [1.54, 1.807) is 0 Å². The van der Waals surface area contributed by atoms with E-state index in [9.17, 15) is 83.4 Å². The van der Waals surface area contributed by atoms with Gasteiger partial charge < -0.3 is 5.11 Å². The molecular formula is C10H3F19O. The van der Waals surface area contributed by atoms with Gasteiger partial charge in [0.1, 0.15) is 6.61 Å². The molecule has 0 aromatic heterocycles. The quantitative estimate of drug-likeness (QED) is 0.470. The Morgan fingerprint density at radius 3 is 0.800 bits per heavy atom. The van der Waals surface area contributed by atoms with Crippen molar-refractivity contribution in [2.75, 3.05) is 6.61 Å². The van der Waals surface area contributed by atoms with Crippen molar-refractivity contribution in [2.24, 2.45) is 0 Å². The molecule has 1 N–H and O–H groups in total. The van der Waals surface area contributed by atoms with Gasteiger partial charge in [-0.15, -0.1) is 0 Å². The maximum Gasteiger partial charge on any atom is 0.438 e. The summed E-state index contributed by atoms with van der Waals surface area (Å²) in [6.07, 6.45) is -24.8. The first-order valence-corrected chi connectivity index (χ1v) is 6.26. The van der Waals surface area contributed by atoms with Gasteiger partial charge in [0.25, 0.3) is 0 Å². The van der Waals surface area contributed by atoms with Crippen molar-refractivity contribution < 1.29 is 88.5 Å². The molecule has 20 heteroatoms. The topological polar surface area (TPSA) is 20.2 Å². The Kier molecular flexibility index (Phi) is 6.50. The predicted molar refractivity (Wildman–Crippen MR) is 52.7 cm³/mol. The lowest BCUT2D eigenvalue weighted by Gasteiger charge is -2.46. The molecule has 1 atom stereocenters. The van der Waals surface area contributed by atoms with Gasteiger partial charge in [-0.25, -0.2) is 8.78 Å². The van der Waals surface area contributed by atoms with E-state index < -0.39 is 60.2 Å². The fourth-order valence-corrected chi connectivity index (χ4v) is 1.87. The molecule has 0 radical (unpaired) electrons. The van der Waals surface area contributed by atoms with E-state index in [-0.39, 0.29) is 0 Å². The predicted octanol–water partition coefficient (Wildman–Crippen LogP) is 5.62. The molecule has 0 amide bonds. The summed E-state index contributed by atoms with van der Waals surface area (Å²) in [5.41, 5.74) is -17.2. The summed E-state index contributed by atoms with van der Waals surface area (Å²) in [4.78, 5) is 0. The molecule has 0 saturated heterocycles. The summed E-state index contributed by atoms with van der Waals surface area (Å²) >= 11 is 0. The summed E-state index contributed by atoms with van der Waals surface area (Å²) in [6, 6.07) is 0. The number of aliphatic hydroxyl groups excluding tert-OH is 1. The standard InChI is InChI=1S/C10H3F19O/c11-2(12,1-30)3(13,8(21,22)23)5(15,16)7(19,20)6(17,18)4(14,9(24,25)26)10(27,28)29/h30H,1H2. The first-order valence-electron chi connectivity index (χ1n) is 6.26. The van der Waals surface area contributed by atoms with Crippen LogP contribution >= 0.6 is 0 Å². The molecule has 0 aromatic rings. The molecule has 0 aliphatic heterocycles. The molecule has 30 heavy (non-hydrogen) atoms. The van der Waals surface area contributed by atoms with Crippen LogP contribution < -0.4 is 0 Å². The Balaban J connectivity index is 7.35. The highest BCUT2D eigenvalue weighted by atomic mass is 19.4. The summed E-state index contributed by atoms with van der Waals surface area (Å²) in [6.45, 7) is -3.83. The summed E-state index contributed by atoms with van der Waals surface area (Å²) < 4.78 is 243. The van der Waals surface area contributed by atoms with Crippen LogP contribution in [0, 0.1) is 0 Å². The van der Waals surface area contributed by atoms with Crippen molar-refractivity contribution in [1.82, 2.24) is 0 Å². The van der Waals surface area contributed by atoms with Gasteiger partial charge in [-0.2, -0.15) is 74.6 Å². The second kappa shape index (κ2) is 6.81. The Bertz CT molecular complexity index is 609. The third-order valence-corrected chi connectivity index (χ3v) is 3.53. The Morgan fingerprint density at radius 1 is 0.367 bits per heavy atom.